The largest absolute Gasteiger partial charge is 0.389 e. The van der Waals surface area contributed by atoms with Crippen LogP contribution in [0, 0.1) is 0 Å². The highest BCUT2D eigenvalue weighted by atomic mass is 16.3. The van der Waals surface area contributed by atoms with E-state index in [0.717, 1.165) is 38.6 Å². The minimum atomic E-state index is -0.520. The number of nitrogens with zero attached hydrogens (tertiary/aromatic N) is 4. The number of aliphatic hydroxyl groups excluding tert-OH is 1. The van der Waals surface area contributed by atoms with Gasteiger partial charge < -0.3 is 10.0 Å². The lowest BCUT2D eigenvalue weighted by Gasteiger charge is -2.11. The number of aliphatic hydroxyl groups is 1. The third kappa shape index (κ3) is 3.95. The van der Waals surface area contributed by atoms with Gasteiger partial charge in [0, 0.05) is 49.2 Å². The highest BCUT2D eigenvalue weighted by Crippen LogP contribution is 2.31. The summed E-state index contributed by atoms with van der Waals surface area (Å²) in [4.78, 5) is 17.8. The first kappa shape index (κ1) is 19.8. The average Bonchev–Trinajstić information content (AvgIpc) is 3.21. The van der Waals surface area contributed by atoms with E-state index in [-0.39, 0.29) is 12.5 Å². The molecule has 30 heavy (non-hydrogen) atoms. The van der Waals surface area contributed by atoms with E-state index >= 15 is 0 Å². The van der Waals surface area contributed by atoms with Crippen molar-refractivity contribution in [3.8, 4) is 22.3 Å². The van der Waals surface area contributed by atoms with Crippen molar-refractivity contribution in [2.45, 2.75) is 19.6 Å². The van der Waals surface area contributed by atoms with Gasteiger partial charge in [-0.3, -0.25) is 14.5 Å². The van der Waals surface area contributed by atoms with E-state index < -0.39 is 6.10 Å². The molecule has 0 saturated heterocycles. The number of amides is 1. The minimum Gasteiger partial charge on any atom is -0.389 e. The van der Waals surface area contributed by atoms with E-state index in [1.165, 1.54) is 0 Å². The van der Waals surface area contributed by atoms with Crippen molar-refractivity contribution in [2.75, 3.05) is 14.1 Å². The third-order valence-electron chi connectivity index (χ3n) is 5.23. The van der Waals surface area contributed by atoms with Crippen molar-refractivity contribution in [1.82, 2.24) is 19.7 Å². The lowest BCUT2D eigenvalue weighted by atomic mass is 9.97. The first-order chi connectivity index (χ1) is 14.4. The van der Waals surface area contributed by atoms with E-state index in [1.54, 1.807) is 36.8 Å². The van der Waals surface area contributed by atoms with Gasteiger partial charge in [0.2, 0.25) is 5.91 Å². The number of fused-ring (bicyclic) bond motifs is 1. The normalized spacial score (nSPS) is 12.1. The van der Waals surface area contributed by atoms with Gasteiger partial charge in [-0.2, -0.15) is 5.10 Å². The van der Waals surface area contributed by atoms with Crippen LogP contribution in [0.3, 0.4) is 0 Å². The molecule has 2 heterocycles. The summed E-state index contributed by atoms with van der Waals surface area (Å²) in [5.41, 5.74) is 4.94. The van der Waals surface area contributed by atoms with Crippen LogP contribution < -0.4 is 0 Å². The molecule has 2 aromatic carbocycles. The lowest BCUT2D eigenvalue weighted by Crippen LogP contribution is -2.26. The highest BCUT2D eigenvalue weighted by Gasteiger charge is 2.10. The van der Waals surface area contributed by atoms with Crippen LogP contribution in [0.15, 0.2) is 67.3 Å². The van der Waals surface area contributed by atoms with Crippen LogP contribution in [0.5, 0.6) is 0 Å². The molecule has 6 heteroatoms. The summed E-state index contributed by atoms with van der Waals surface area (Å²) in [5, 5.41) is 16.3. The minimum absolute atomic E-state index is 0.0000190. The standard InChI is InChI=1S/C24H24N4O2/c1-16(29)19-8-9-20-11-25-13-23(22(20)10-19)18-6-4-17(5-7-18)21-12-26-28(14-21)15-24(30)27(2)3/h4-14,16,29H,15H2,1-3H3. The van der Waals surface area contributed by atoms with Crippen LogP contribution in [-0.4, -0.2) is 44.8 Å². The second-order valence-electron chi connectivity index (χ2n) is 7.64. The van der Waals surface area contributed by atoms with Gasteiger partial charge in [-0.25, -0.2) is 0 Å². The molecule has 4 aromatic rings. The van der Waals surface area contributed by atoms with Crippen LogP contribution in [0.4, 0.5) is 0 Å². The Kier molecular flexibility index (Phi) is 5.33. The van der Waals surface area contributed by atoms with Gasteiger partial charge in [0.15, 0.2) is 0 Å². The molecule has 0 fully saturated rings. The van der Waals surface area contributed by atoms with Crippen LogP contribution in [0.2, 0.25) is 0 Å². The average molecular weight is 400 g/mol. The Morgan fingerprint density at radius 1 is 1.03 bits per heavy atom. The van der Waals surface area contributed by atoms with Gasteiger partial charge in [0.05, 0.1) is 12.3 Å². The van der Waals surface area contributed by atoms with Gasteiger partial charge in [-0.1, -0.05) is 36.4 Å². The monoisotopic (exact) mass is 400 g/mol. The van der Waals surface area contributed by atoms with Crippen LogP contribution >= 0.6 is 0 Å². The molecule has 0 aliphatic heterocycles. The maximum Gasteiger partial charge on any atom is 0.243 e. The van der Waals surface area contributed by atoms with Gasteiger partial charge in [-0.15, -0.1) is 0 Å². The summed E-state index contributed by atoms with van der Waals surface area (Å²) in [5.74, 6) is 0.0000190. The van der Waals surface area contributed by atoms with Crippen molar-refractivity contribution in [3.63, 3.8) is 0 Å². The van der Waals surface area contributed by atoms with Crippen molar-refractivity contribution < 1.29 is 9.90 Å². The van der Waals surface area contributed by atoms with E-state index in [4.69, 9.17) is 0 Å². The number of likely N-dealkylation sites (N-methyl/N-ethyl adjacent to an activating group) is 1. The highest BCUT2D eigenvalue weighted by molar-refractivity contribution is 5.96. The zero-order valence-corrected chi connectivity index (χ0v) is 17.3. The molecule has 1 unspecified atom stereocenters. The molecular weight excluding hydrogens is 376 g/mol. The SMILES string of the molecule is CC(O)c1ccc2cncc(-c3ccc(-c4cnn(CC(=O)N(C)C)c4)cc3)c2c1. The second kappa shape index (κ2) is 8.08. The summed E-state index contributed by atoms with van der Waals surface area (Å²) in [7, 11) is 3.47. The molecule has 152 valence electrons. The Balaban J connectivity index is 1.64. The molecule has 0 bridgehead atoms. The number of carbonyl (C=O) groups is 1. The molecule has 0 aliphatic rings. The first-order valence-corrected chi connectivity index (χ1v) is 9.81. The number of rotatable bonds is 5. The summed E-state index contributed by atoms with van der Waals surface area (Å²) >= 11 is 0. The zero-order valence-electron chi connectivity index (χ0n) is 17.3. The van der Waals surface area contributed by atoms with E-state index in [1.807, 2.05) is 48.9 Å². The van der Waals surface area contributed by atoms with Crippen LogP contribution in [0.1, 0.15) is 18.6 Å². The summed E-state index contributed by atoms with van der Waals surface area (Å²) in [6.07, 6.45) is 6.82. The van der Waals surface area contributed by atoms with Crippen LogP contribution in [0.25, 0.3) is 33.0 Å². The molecule has 6 nitrogen and oxygen atoms in total. The van der Waals surface area contributed by atoms with Crippen molar-refractivity contribution in [1.29, 1.82) is 0 Å². The van der Waals surface area contributed by atoms with Crippen LogP contribution in [-0.2, 0) is 11.3 Å². The van der Waals surface area contributed by atoms with E-state index in [2.05, 4.69) is 22.2 Å². The molecule has 0 saturated carbocycles. The Labute approximate surface area is 175 Å². The third-order valence-corrected chi connectivity index (χ3v) is 5.23. The molecule has 4 rings (SSSR count). The Morgan fingerprint density at radius 2 is 1.77 bits per heavy atom. The van der Waals surface area contributed by atoms with E-state index in [0.29, 0.717) is 0 Å². The van der Waals surface area contributed by atoms with Crippen molar-refractivity contribution in [3.05, 3.63) is 72.8 Å². The Hall–Kier alpha value is -3.51. The van der Waals surface area contributed by atoms with Gasteiger partial charge in [0.25, 0.3) is 0 Å². The van der Waals surface area contributed by atoms with Gasteiger partial charge >= 0.3 is 0 Å². The lowest BCUT2D eigenvalue weighted by molar-refractivity contribution is -0.129. The Bertz CT molecular complexity index is 1190. The predicted molar refractivity (Wildman–Crippen MR) is 118 cm³/mol. The molecule has 2 aromatic heterocycles. The van der Waals surface area contributed by atoms with E-state index in [9.17, 15) is 9.90 Å². The number of hydrogen-bond acceptors (Lipinski definition) is 4. The molecule has 0 aliphatic carbocycles. The summed E-state index contributed by atoms with van der Waals surface area (Å²) in [6, 6.07) is 14.2. The maximum absolute atomic E-state index is 11.9. The summed E-state index contributed by atoms with van der Waals surface area (Å²) < 4.78 is 1.65. The fourth-order valence-electron chi connectivity index (χ4n) is 3.39. The van der Waals surface area contributed by atoms with Gasteiger partial charge in [-0.05, 0) is 35.1 Å². The Morgan fingerprint density at radius 3 is 2.47 bits per heavy atom. The molecule has 1 N–H and O–H groups in total. The predicted octanol–water partition coefficient (Wildman–Crippen LogP) is 3.91. The fraction of sp³-hybridized carbons (Fsp3) is 0.208. The number of pyridine rings is 1. The van der Waals surface area contributed by atoms with Gasteiger partial charge in [0.1, 0.15) is 6.54 Å². The number of aromatic nitrogens is 3. The number of carbonyl (C=O) groups excluding carboxylic acids is 1. The zero-order chi connectivity index (χ0) is 21.3. The fourth-order valence-corrected chi connectivity index (χ4v) is 3.39. The first-order valence-electron chi connectivity index (χ1n) is 9.81. The molecule has 0 spiro atoms. The maximum atomic E-state index is 11.9. The molecule has 1 amide bonds. The molecule has 1 atom stereocenters. The van der Waals surface area contributed by atoms with Crippen molar-refractivity contribution in [2.24, 2.45) is 0 Å². The van der Waals surface area contributed by atoms with Crippen molar-refractivity contribution >= 4 is 16.7 Å². The quantitative estimate of drug-likeness (QED) is 0.551. The smallest absolute Gasteiger partial charge is 0.243 e. The molecular formula is C24H24N4O2. The second-order valence-corrected chi connectivity index (χ2v) is 7.64. The number of benzene rings is 2. The topological polar surface area (TPSA) is 71.2 Å². The summed E-state index contributed by atoms with van der Waals surface area (Å²) in [6.45, 7) is 1.99. The molecule has 0 radical (unpaired) electrons. The number of hydrogen-bond donors (Lipinski definition) is 1.